The van der Waals surface area contributed by atoms with Gasteiger partial charge in [-0.25, -0.2) is 9.97 Å². The summed E-state index contributed by atoms with van der Waals surface area (Å²) < 4.78 is 0. The third kappa shape index (κ3) is 5.57. The van der Waals surface area contributed by atoms with Gasteiger partial charge in [0.1, 0.15) is 0 Å². The molecule has 0 unspecified atom stereocenters. The highest BCUT2D eigenvalue weighted by Gasteiger charge is 2.46. The van der Waals surface area contributed by atoms with E-state index in [0.29, 0.717) is 5.82 Å². The van der Waals surface area contributed by atoms with E-state index in [0.717, 1.165) is 44.2 Å². The molecule has 12 rings (SSSR count). The molecule has 0 atom stereocenters. The van der Waals surface area contributed by atoms with E-state index in [9.17, 15) is 0 Å². The van der Waals surface area contributed by atoms with E-state index in [4.69, 9.17) is 9.97 Å². The largest absolute Gasteiger partial charge is 0.228 e. The number of hydrogen-bond donors (Lipinski definition) is 0. The van der Waals surface area contributed by atoms with Crippen LogP contribution in [0.25, 0.3) is 88.5 Å². The number of rotatable bonds is 6. The fraction of sp³-hybridized carbons (Fsp3) is 0.0169. The normalized spacial score (nSPS) is 12.7. The number of fused-ring (bicyclic) bond motifs is 7. The first-order chi connectivity index (χ1) is 30.2. The molecule has 284 valence electrons. The minimum absolute atomic E-state index is 0.524. The first kappa shape index (κ1) is 35.0. The standard InChI is InChI=1S/C59H38N2/c1-4-16-39(17-5-1)40-28-30-42(31-29-40)55-38-56(61-58(60-55)57-48-25-13-11-19-43(48)36-52-47-24-12-10-18-41(47)32-35-51(52)57)44-33-34-50-49-26-14-15-27-53(49)59(54(50)37-44,45-20-6-2-7-21-45)46-22-8-3-9-23-46/h1-38H. The summed E-state index contributed by atoms with van der Waals surface area (Å²) in [5.74, 6) is 0.706. The molecule has 0 radical (unpaired) electrons. The lowest BCUT2D eigenvalue weighted by Crippen LogP contribution is -2.28. The average Bonchev–Trinajstić information content (AvgIpc) is 3.64. The summed E-state index contributed by atoms with van der Waals surface area (Å²) >= 11 is 0. The van der Waals surface area contributed by atoms with E-state index in [1.54, 1.807) is 0 Å². The van der Waals surface area contributed by atoms with Crippen LogP contribution in [0.4, 0.5) is 0 Å². The molecule has 0 saturated heterocycles. The highest BCUT2D eigenvalue weighted by molar-refractivity contribution is 6.19. The van der Waals surface area contributed by atoms with E-state index in [2.05, 4.69) is 231 Å². The zero-order valence-corrected chi connectivity index (χ0v) is 33.3. The van der Waals surface area contributed by atoms with E-state index in [1.165, 1.54) is 60.7 Å². The van der Waals surface area contributed by atoms with Crippen LogP contribution in [0.15, 0.2) is 231 Å². The van der Waals surface area contributed by atoms with Crippen molar-refractivity contribution in [2.45, 2.75) is 5.41 Å². The monoisotopic (exact) mass is 774 g/mol. The van der Waals surface area contributed by atoms with Crippen LogP contribution in [-0.2, 0) is 5.41 Å². The second kappa shape index (κ2) is 14.1. The highest BCUT2D eigenvalue weighted by atomic mass is 14.9. The molecule has 0 aliphatic heterocycles. The van der Waals surface area contributed by atoms with E-state index < -0.39 is 5.41 Å². The number of nitrogens with zero attached hydrogens (tertiary/aromatic N) is 2. The summed E-state index contributed by atoms with van der Waals surface area (Å²) in [6.45, 7) is 0. The van der Waals surface area contributed by atoms with E-state index in [-0.39, 0.29) is 0 Å². The molecular weight excluding hydrogens is 737 g/mol. The molecule has 11 aromatic rings. The lowest BCUT2D eigenvalue weighted by Gasteiger charge is -2.34. The summed E-state index contributed by atoms with van der Waals surface area (Å²) in [4.78, 5) is 11.1. The molecule has 0 amide bonds. The average molecular weight is 775 g/mol. The van der Waals surface area contributed by atoms with Crippen LogP contribution >= 0.6 is 0 Å². The summed E-state index contributed by atoms with van der Waals surface area (Å²) in [5.41, 5.74) is 14.2. The number of benzene rings is 10. The van der Waals surface area contributed by atoms with Gasteiger partial charge in [0, 0.05) is 16.7 Å². The molecule has 10 aromatic carbocycles. The summed E-state index contributed by atoms with van der Waals surface area (Å²) in [6.07, 6.45) is 0. The molecule has 0 spiro atoms. The Morgan fingerprint density at radius 2 is 0.836 bits per heavy atom. The van der Waals surface area contributed by atoms with Gasteiger partial charge < -0.3 is 0 Å². The fourth-order valence-electron chi connectivity index (χ4n) is 9.98. The smallest absolute Gasteiger partial charge is 0.161 e. The van der Waals surface area contributed by atoms with Crippen molar-refractivity contribution < 1.29 is 0 Å². The fourth-order valence-corrected chi connectivity index (χ4v) is 9.98. The zero-order chi connectivity index (χ0) is 40.3. The Morgan fingerprint density at radius 3 is 1.57 bits per heavy atom. The Bertz CT molecular complexity index is 3410. The van der Waals surface area contributed by atoms with Gasteiger partial charge >= 0.3 is 0 Å². The minimum atomic E-state index is -0.524. The Kier molecular flexibility index (Phi) is 8.11. The van der Waals surface area contributed by atoms with Gasteiger partial charge in [-0.15, -0.1) is 0 Å². The van der Waals surface area contributed by atoms with Crippen LogP contribution in [-0.4, -0.2) is 9.97 Å². The van der Waals surface area contributed by atoms with E-state index >= 15 is 0 Å². The predicted molar refractivity (Wildman–Crippen MR) is 254 cm³/mol. The molecule has 1 aliphatic rings. The molecule has 0 fully saturated rings. The zero-order valence-electron chi connectivity index (χ0n) is 33.3. The number of aromatic nitrogens is 2. The van der Waals surface area contributed by atoms with Crippen molar-refractivity contribution >= 4 is 32.3 Å². The predicted octanol–water partition coefficient (Wildman–Crippen LogP) is 15.0. The highest BCUT2D eigenvalue weighted by Crippen LogP contribution is 2.56. The maximum absolute atomic E-state index is 5.60. The molecule has 1 aromatic heterocycles. The van der Waals surface area contributed by atoms with Crippen LogP contribution in [0.1, 0.15) is 22.3 Å². The van der Waals surface area contributed by atoms with Gasteiger partial charge in [-0.05, 0) is 95.0 Å². The van der Waals surface area contributed by atoms with Crippen LogP contribution < -0.4 is 0 Å². The van der Waals surface area contributed by atoms with Crippen LogP contribution in [0.2, 0.25) is 0 Å². The van der Waals surface area contributed by atoms with Crippen LogP contribution in [0.3, 0.4) is 0 Å². The molecule has 2 nitrogen and oxygen atoms in total. The van der Waals surface area contributed by atoms with Gasteiger partial charge in [0.05, 0.1) is 16.8 Å². The van der Waals surface area contributed by atoms with Gasteiger partial charge in [-0.3, -0.25) is 0 Å². The third-order valence-electron chi connectivity index (χ3n) is 12.8. The van der Waals surface area contributed by atoms with E-state index in [1.807, 2.05) is 0 Å². The molecule has 2 heteroatoms. The quantitative estimate of drug-likeness (QED) is 0.124. The molecular formula is C59H38N2. The first-order valence-electron chi connectivity index (χ1n) is 21.0. The summed E-state index contributed by atoms with van der Waals surface area (Å²) in [7, 11) is 0. The van der Waals surface area contributed by atoms with Crippen molar-refractivity contribution in [3.8, 4) is 56.2 Å². The molecule has 61 heavy (non-hydrogen) atoms. The summed E-state index contributed by atoms with van der Waals surface area (Å²) in [6, 6.07) is 83.5. The van der Waals surface area contributed by atoms with Crippen molar-refractivity contribution in [1.82, 2.24) is 9.97 Å². The lowest BCUT2D eigenvalue weighted by atomic mass is 9.67. The van der Waals surface area contributed by atoms with Crippen LogP contribution in [0, 0.1) is 0 Å². The van der Waals surface area contributed by atoms with Gasteiger partial charge in [0.25, 0.3) is 0 Å². The Hall–Kier alpha value is -7.94. The van der Waals surface area contributed by atoms with Crippen molar-refractivity contribution in [2.24, 2.45) is 0 Å². The van der Waals surface area contributed by atoms with Crippen molar-refractivity contribution in [3.05, 3.63) is 253 Å². The van der Waals surface area contributed by atoms with Crippen LogP contribution in [0.5, 0.6) is 0 Å². The Labute approximate surface area is 355 Å². The second-order valence-corrected chi connectivity index (χ2v) is 16.0. The Morgan fingerprint density at radius 1 is 0.295 bits per heavy atom. The van der Waals surface area contributed by atoms with Gasteiger partial charge in [0.15, 0.2) is 5.82 Å². The molecule has 1 aliphatic carbocycles. The molecule has 0 saturated carbocycles. The van der Waals surface area contributed by atoms with Crippen molar-refractivity contribution in [1.29, 1.82) is 0 Å². The molecule has 0 bridgehead atoms. The van der Waals surface area contributed by atoms with Gasteiger partial charge in [-0.1, -0.05) is 212 Å². The second-order valence-electron chi connectivity index (χ2n) is 16.0. The molecule has 0 N–H and O–H groups in total. The number of hydrogen-bond acceptors (Lipinski definition) is 2. The molecule has 1 heterocycles. The van der Waals surface area contributed by atoms with Gasteiger partial charge in [-0.2, -0.15) is 0 Å². The first-order valence-corrected chi connectivity index (χ1v) is 21.0. The maximum Gasteiger partial charge on any atom is 0.161 e. The summed E-state index contributed by atoms with van der Waals surface area (Å²) in [5, 5.41) is 7.05. The third-order valence-corrected chi connectivity index (χ3v) is 12.8. The lowest BCUT2D eigenvalue weighted by molar-refractivity contribution is 0.768. The Balaban J connectivity index is 1.13. The van der Waals surface area contributed by atoms with Gasteiger partial charge in [0.2, 0.25) is 0 Å². The minimum Gasteiger partial charge on any atom is -0.228 e. The maximum atomic E-state index is 5.60. The van der Waals surface area contributed by atoms with Crippen molar-refractivity contribution in [2.75, 3.05) is 0 Å². The topological polar surface area (TPSA) is 25.8 Å². The SMILES string of the molecule is c1ccc(-c2ccc(-c3cc(-c4ccc5c(c4)C(c4ccccc4)(c4ccccc4)c4ccccc4-5)nc(-c4c5ccccc5cc5c4ccc4ccccc45)n3)cc2)cc1. The van der Waals surface area contributed by atoms with Crippen molar-refractivity contribution in [3.63, 3.8) is 0 Å².